The average molecular weight is 320 g/mol. The molecule has 0 N–H and O–H groups in total. The molecule has 0 fully saturated rings. The van der Waals surface area contributed by atoms with E-state index in [4.69, 9.17) is 0 Å². The predicted octanol–water partition coefficient (Wildman–Crippen LogP) is 5.36. The normalized spacial score (nSPS) is 18.1. The fraction of sp³-hybridized carbons (Fsp3) is 0.273. The molecule has 2 nitrogen and oxygen atoms in total. The van der Waals surface area contributed by atoms with Crippen LogP contribution in [-0.4, -0.2) is 23.5 Å². The summed E-state index contributed by atoms with van der Waals surface area (Å²) in [4.78, 5) is 4.46. The summed E-state index contributed by atoms with van der Waals surface area (Å²) in [7, 11) is -8.57. The van der Waals surface area contributed by atoms with E-state index >= 15 is 0 Å². The van der Waals surface area contributed by atoms with Crippen LogP contribution in [0.1, 0.15) is 6.99 Å². The number of benzene rings is 1. The van der Waals surface area contributed by atoms with Crippen LogP contribution in [0.25, 0.3) is 0 Å². The van der Waals surface area contributed by atoms with E-state index in [1.807, 2.05) is 0 Å². The molecule has 0 saturated carbocycles. The van der Waals surface area contributed by atoms with Crippen LogP contribution < -0.4 is 0 Å². The van der Waals surface area contributed by atoms with E-state index < -0.39 is 7.81 Å². The van der Waals surface area contributed by atoms with Crippen molar-refractivity contribution in [2.75, 3.05) is 13.7 Å². The summed E-state index contributed by atoms with van der Waals surface area (Å²) in [6.45, 7) is 2.00. The van der Waals surface area contributed by atoms with E-state index in [0.29, 0.717) is 0 Å². The smallest absolute Gasteiger partial charge is 1.00 e. The van der Waals surface area contributed by atoms with E-state index in [1.165, 1.54) is 5.56 Å². The molecule has 9 heteroatoms. The average Bonchev–Trinajstić information content (AvgIpc) is 2.61. The van der Waals surface area contributed by atoms with Gasteiger partial charge in [0, 0.05) is 26.0 Å². The molecule has 0 saturated heterocycles. The summed E-state index contributed by atoms with van der Waals surface area (Å²) in [5, 5.41) is 0. The number of halogens is 6. The van der Waals surface area contributed by atoms with Crippen LogP contribution >= 0.6 is 7.81 Å². The van der Waals surface area contributed by atoms with Gasteiger partial charge in [-0.05, 0) is 5.56 Å². The van der Waals surface area contributed by atoms with Gasteiger partial charge in [0.15, 0.2) is 0 Å². The monoisotopic (exact) mass is 320 g/mol. The van der Waals surface area contributed by atoms with Gasteiger partial charge in [-0.2, -0.15) is 0 Å². The molecule has 0 atom stereocenters. The molecule has 1 aliphatic rings. The van der Waals surface area contributed by atoms with Crippen molar-refractivity contribution in [3.63, 3.8) is 0 Å². The molecule has 2 rings (SSSR count). The number of nitrogens with zero attached hydrogens (tertiary/aromatic N) is 2. The molecular formula is C11H15F6N2P. The fourth-order valence-electron chi connectivity index (χ4n) is 1.51. The second-order valence-corrected chi connectivity index (χ2v) is 6.30. The van der Waals surface area contributed by atoms with Crippen LogP contribution in [0.2, 0.25) is 0 Å². The Kier molecular flexibility index (Phi) is 4.02. The van der Waals surface area contributed by atoms with Crippen LogP contribution in [0, 0.1) is 0 Å². The first-order valence-electron chi connectivity index (χ1n) is 5.52. The molecule has 0 aromatic heterocycles. The Hall–Kier alpha value is -1.43. The molecule has 0 bridgehead atoms. The first kappa shape index (κ1) is 16.6. The first-order valence-corrected chi connectivity index (χ1v) is 7.55. The Balaban J connectivity index is 0.000000436. The number of hydrogen-bond acceptors (Lipinski definition) is 2. The van der Waals surface area contributed by atoms with Gasteiger partial charge in [-0.3, -0.25) is 0 Å². The third-order valence-corrected chi connectivity index (χ3v) is 2.17. The third kappa shape index (κ3) is 10.5. The van der Waals surface area contributed by atoms with Gasteiger partial charge in [0.1, 0.15) is 0 Å². The van der Waals surface area contributed by atoms with E-state index in [1.54, 1.807) is 0 Å². The minimum Gasteiger partial charge on any atom is 1.00 e. The van der Waals surface area contributed by atoms with Crippen LogP contribution in [0.5, 0.6) is 0 Å². The molecule has 1 aromatic carbocycles. The first-order chi connectivity index (χ1) is 8.79. The number of hydrogen-bond donors (Lipinski definition) is 0. The van der Waals surface area contributed by atoms with Gasteiger partial charge in [0.2, 0.25) is 0 Å². The molecule has 116 valence electrons. The van der Waals surface area contributed by atoms with E-state index in [-0.39, 0.29) is 1.43 Å². The Morgan fingerprint density at radius 2 is 1.50 bits per heavy atom. The molecular weight excluding hydrogens is 305 g/mol. The zero-order valence-corrected chi connectivity index (χ0v) is 11.5. The minimum atomic E-state index is -10.7. The van der Waals surface area contributed by atoms with Gasteiger partial charge < -0.3 is 9.80 Å². The quantitative estimate of drug-likeness (QED) is 0.535. The maximum atomic E-state index is 9.87. The molecule has 1 aliphatic heterocycles. The van der Waals surface area contributed by atoms with Gasteiger partial charge in [-0.15, -0.1) is 0 Å². The topological polar surface area (TPSA) is 6.48 Å². The maximum Gasteiger partial charge on any atom is 1.00 e. The van der Waals surface area contributed by atoms with Crippen molar-refractivity contribution in [3.8, 4) is 0 Å². The summed E-state index contributed by atoms with van der Waals surface area (Å²) in [6.07, 6.45) is 4.23. The van der Waals surface area contributed by atoms with Crippen molar-refractivity contribution in [2.24, 2.45) is 0 Å². The largest absolute Gasteiger partial charge is 1.00 e. The molecule has 0 amide bonds. The van der Waals surface area contributed by atoms with Crippen LogP contribution in [0.3, 0.4) is 0 Å². The van der Waals surface area contributed by atoms with Crippen LogP contribution in [0.15, 0.2) is 42.7 Å². The van der Waals surface area contributed by atoms with E-state index in [9.17, 15) is 25.2 Å². The van der Waals surface area contributed by atoms with Crippen LogP contribution in [-0.2, 0) is 6.54 Å². The Morgan fingerprint density at radius 1 is 1.00 bits per heavy atom. The van der Waals surface area contributed by atoms with Crippen molar-refractivity contribution in [3.05, 3.63) is 48.3 Å². The molecule has 20 heavy (non-hydrogen) atoms. The second-order valence-electron chi connectivity index (χ2n) is 4.39. The van der Waals surface area contributed by atoms with Gasteiger partial charge in [-0.25, -0.2) is 0 Å². The van der Waals surface area contributed by atoms with Crippen LogP contribution in [0.4, 0.5) is 25.2 Å². The van der Waals surface area contributed by atoms with Gasteiger partial charge in [0.25, 0.3) is 0 Å². The van der Waals surface area contributed by atoms with Crippen molar-refractivity contribution in [1.29, 1.82) is 0 Å². The van der Waals surface area contributed by atoms with E-state index in [2.05, 4.69) is 59.6 Å². The molecule has 0 aliphatic carbocycles. The van der Waals surface area contributed by atoms with Crippen molar-refractivity contribution >= 4 is 7.81 Å². The molecule has 1 aromatic rings. The summed E-state index contributed by atoms with van der Waals surface area (Å²) in [5.41, 5.74) is 1.36. The summed E-state index contributed by atoms with van der Waals surface area (Å²) < 4.78 is 59.2. The minimum absolute atomic E-state index is 0. The molecule has 0 spiro atoms. The SMILES string of the molecule is CN1C=CN(Cc2ccccc2)C1.F[P-](F)(F)(F)(F)F.[H+]. The van der Waals surface area contributed by atoms with Crippen molar-refractivity contribution in [2.45, 2.75) is 6.54 Å². The standard InChI is InChI=1S/C11H14N2.F6P/c1-12-7-8-13(10-12)9-11-5-3-2-4-6-11;1-7(2,3,4,5)6/h2-8H,9-10H2,1H3;/q;-1/p+1. The van der Waals surface area contributed by atoms with Gasteiger partial charge in [-0.1, -0.05) is 30.3 Å². The molecule has 1 heterocycles. The number of rotatable bonds is 2. The zero-order chi connectivity index (χ0) is 15.5. The third-order valence-electron chi connectivity index (χ3n) is 2.17. The summed E-state index contributed by atoms with van der Waals surface area (Å²) >= 11 is 0. The van der Waals surface area contributed by atoms with Gasteiger partial charge in [0.05, 0.1) is 6.67 Å². The molecule has 0 radical (unpaired) electrons. The Morgan fingerprint density at radius 3 is 1.90 bits per heavy atom. The van der Waals surface area contributed by atoms with Gasteiger partial charge >= 0.3 is 34.4 Å². The summed E-state index contributed by atoms with van der Waals surface area (Å²) in [5.74, 6) is 0. The fourth-order valence-corrected chi connectivity index (χ4v) is 1.51. The Bertz CT molecular complexity index is 464. The molecule has 0 unspecified atom stereocenters. The van der Waals surface area contributed by atoms with E-state index in [0.717, 1.165) is 13.2 Å². The second kappa shape index (κ2) is 4.84. The maximum absolute atomic E-state index is 10.7. The zero-order valence-electron chi connectivity index (χ0n) is 11.6. The Labute approximate surface area is 114 Å². The van der Waals surface area contributed by atoms with Crippen molar-refractivity contribution in [1.82, 2.24) is 9.80 Å². The predicted molar refractivity (Wildman–Crippen MR) is 68.4 cm³/mol. The summed E-state index contributed by atoms with van der Waals surface area (Å²) in [6, 6.07) is 10.5. The van der Waals surface area contributed by atoms with Crippen molar-refractivity contribution < 1.29 is 26.6 Å².